The van der Waals surface area contributed by atoms with Gasteiger partial charge < -0.3 is 10.2 Å². The molecule has 0 saturated heterocycles. The van der Waals surface area contributed by atoms with Crippen LogP contribution >= 0.6 is 0 Å². The molecule has 2 rings (SSSR count). The molecule has 0 aliphatic heterocycles. The molecule has 2 aliphatic carbocycles. The van der Waals surface area contributed by atoms with Gasteiger partial charge in [0.05, 0.1) is 0 Å². The van der Waals surface area contributed by atoms with Gasteiger partial charge in [0.25, 0.3) is 0 Å². The molecule has 0 aromatic carbocycles. The Balaban J connectivity index is 1.86. The normalized spacial score (nSPS) is 30.9. The molecule has 2 saturated carbocycles. The van der Waals surface area contributed by atoms with Gasteiger partial charge in [-0.1, -0.05) is 27.2 Å². The lowest BCUT2D eigenvalue weighted by molar-refractivity contribution is 0.138. The Bertz CT molecular complexity index is 262. The van der Waals surface area contributed by atoms with Crippen molar-refractivity contribution in [3.63, 3.8) is 0 Å². The second-order valence-corrected chi connectivity index (χ2v) is 7.20. The van der Waals surface area contributed by atoms with E-state index in [1.807, 2.05) is 0 Å². The maximum atomic E-state index is 3.84. The fourth-order valence-corrected chi connectivity index (χ4v) is 3.86. The van der Waals surface area contributed by atoms with Crippen molar-refractivity contribution in [1.29, 1.82) is 0 Å². The Morgan fingerprint density at radius 3 is 2.30 bits per heavy atom. The third kappa shape index (κ3) is 5.04. The molecule has 0 amide bonds. The topological polar surface area (TPSA) is 15.3 Å². The molecule has 3 atom stereocenters. The molecular formula is C18H36N2. The molecule has 2 fully saturated rings. The van der Waals surface area contributed by atoms with Gasteiger partial charge in [0.2, 0.25) is 0 Å². The minimum Gasteiger partial charge on any atom is -0.314 e. The fourth-order valence-electron chi connectivity index (χ4n) is 3.86. The molecule has 0 bridgehead atoms. The van der Waals surface area contributed by atoms with Crippen LogP contribution in [0.5, 0.6) is 0 Å². The summed E-state index contributed by atoms with van der Waals surface area (Å²) >= 11 is 0. The van der Waals surface area contributed by atoms with Gasteiger partial charge in [-0.05, 0) is 69.4 Å². The maximum Gasteiger partial charge on any atom is 0.0108 e. The van der Waals surface area contributed by atoms with Gasteiger partial charge in [-0.2, -0.15) is 0 Å². The Labute approximate surface area is 126 Å². The van der Waals surface area contributed by atoms with E-state index in [0.717, 1.165) is 23.8 Å². The summed E-state index contributed by atoms with van der Waals surface area (Å²) in [5.41, 5.74) is 0. The summed E-state index contributed by atoms with van der Waals surface area (Å²) in [5, 5.41) is 3.84. The predicted octanol–water partition coefficient (Wildman–Crippen LogP) is 3.91. The summed E-state index contributed by atoms with van der Waals surface area (Å²) in [6.45, 7) is 12.2. The number of nitrogens with one attached hydrogen (secondary N) is 1. The molecule has 0 heterocycles. The number of hydrogen-bond donors (Lipinski definition) is 1. The second-order valence-electron chi connectivity index (χ2n) is 7.20. The average Bonchev–Trinajstić information content (AvgIpc) is 3.29. The van der Waals surface area contributed by atoms with Crippen molar-refractivity contribution in [3.05, 3.63) is 0 Å². The zero-order chi connectivity index (χ0) is 14.4. The fraction of sp³-hybridized carbons (Fsp3) is 1.00. The lowest BCUT2D eigenvalue weighted by atomic mass is 9.76. The van der Waals surface area contributed by atoms with Crippen LogP contribution in [0.15, 0.2) is 0 Å². The van der Waals surface area contributed by atoms with E-state index < -0.39 is 0 Å². The number of hydrogen-bond acceptors (Lipinski definition) is 2. The SMILES string of the molecule is CCCNC1CCC(CC)CC1CN(CC)CC1CC1. The summed E-state index contributed by atoms with van der Waals surface area (Å²) in [4.78, 5) is 2.74. The van der Waals surface area contributed by atoms with E-state index in [1.54, 1.807) is 0 Å². The Hall–Kier alpha value is -0.0800. The van der Waals surface area contributed by atoms with Crippen LogP contribution in [-0.4, -0.2) is 37.1 Å². The molecule has 0 aromatic heterocycles. The Morgan fingerprint density at radius 2 is 1.70 bits per heavy atom. The number of rotatable bonds is 9. The largest absolute Gasteiger partial charge is 0.314 e. The van der Waals surface area contributed by atoms with Crippen molar-refractivity contribution >= 4 is 0 Å². The molecule has 2 heteroatoms. The molecule has 0 aromatic rings. The highest BCUT2D eigenvalue weighted by Crippen LogP contribution is 2.34. The minimum absolute atomic E-state index is 0.783. The van der Waals surface area contributed by atoms with Gasteiger partial charge in [-0.25, -0.2) is 0 Å². The molecule has 3 unspecified atom stereocenters. The zero-order valence-electron chi connectivity index (χ0n) is 14.0. The quantitative estimate of drug-likeness (QED) is 0.689. The van der Waals surface area contributed by atoms with Gasteiger partial charge in [0.15, 0.2) is 0 Å². The van der Waals surface area contributed by atoms with E-state index in [0.29, 0.717) is 0 Å². The summed E-state index contributed by atoms with van der Waals surface area (Å²) in [6, 6.07) is 0.783. The highest BCUT2D eigenvalue weighted by Gasteiger charge is 2.32. The second kappa shape index (κ2) is 8.38. The van der Waals surface area contributed by atoms with Gasteiger partial charge in [-0.3, -0.25) is 0 Å². The summed E-state index contributed by atoms with van der Waals surface area (Å²) in [5.74, 6) is 2.90. The molecule has 2 nitrogen and oxygen atoms in total. The molecule has 0 radical (unpaired) electrons. The van der Waals surface area contributed by atoms with E-state index in [4.69, 9.17) is 0 Å². The lowest BCUT2D eigenvalue weighted by Crippen LogP contribution is -2.46. The van der Waals surface area contributed by atoms with Crippen LogP contribution < -0.4 is 5.32 Å². The van der Waals surface area contributed by atoms with E-state index in [1.165, 1.54) is 71.1 Å². The van der Waals surface area contributed by atoms with Crippen LogP contribution in [0.4, 0.5) is 0 Å². The van der Waals surface area contributed by atoms with Gasteiger partial charge in [0.1, 0.15) is 0 Å². The van der Waals surface area contributed by atoms with E-state index in [2.05, 4.69) is 31.0 Å². The first-order valence-electron chi connectivity index (χ1n) is 9.22. The van der Waals surface area contributed by atoms with Crippen molar-refractivity contribution in [2.75, 3.05) is 26.2 Å². The number of nitrogens with zero attached hydrogens (tertiary/aromatic N) is 1. The van der Waals surface area contributed by atoms with Crippen LogP contribution in [0.2, 0.25) is 0 Å². The van der Waals surface area contributed by atoms with Gasteiger partial charge >= 0.3 is 0 Å². The third-order valence-electron chi connectivity index (χ3n) is 5.48. The van der Waals surface area contributed by atoms with Crippen molar-refractivity contribution in [3.8, 4) is 0 Å². The summed E-state index contributed by atoms with van der Waals surface area (Å²) in [7, 11) is 0. The maximum absolute atomic E-state index is 3.84. The van der Waals surface area contributed by atoms with Gasteiger partial charge in [0, 0.05) is 19.1 Å². The monoisotopic (exact) mass is 280 g/mol. The third-order valence-corrected chi connectivity index (χ3v) is 5.48. The van der Waals surface area contributed by atoms with E-state index >= 15 is 0 Å². The lowest BCUT2D eigenvalue weighted by Gasteiger charge is -2.39. The zero-order valence-corrected chi connectivity index (χ0v) is 14.0. The smallest absolute Gasteiger partial charge is 0.0108 e. The highest BCUT2D eigenvalue weighted by atomic mass is 15.1. The predicted molar refractivity (Wildman–Crippen MR) is 88.0 cm³/mol. The summed E-state index contributed by atoms with van der Waals surface area (Å²) < 4.78 is 0. The first-order chi connectivity index (χ1) is 9.76. The van der Waals surface area contributed by atoms with E-state index in [9.17, 15) is 0 Å². The van der Waals surface area contributed by atoms with Crippen molar-refractivity contribution in [2.24, 2.45) is 17.8 Å². The van der Waals surface area contributed by atoms with Crippen molar-refractivity contribution in [1.82, 2.24) is 10.2 Å². The van der Waals surface area contributed by atoms with Crippen LogP contribution in [0.25, 0.3) is 0 Å². The first-order valence-corrected chi connectivity index (χ1v) is 9.22. The molecule has 0 spiro atoms. The van der Waals surface area contributed by atoms with Crippen LogP contribution in [0.1, 0.15) is 65.7 Å². The van der Waals surface area contributed by atoms with Crippen LogP contribution in [0, 0.1) is 17.8 Å². The standard InChI is InChI=1S/C18H36N2/c1-4-11-19-18-10-9-15(5-2)12-17(18)14-20(6-3)13-16-7-8-16/h15-19H,4-14H2,1-3H3. The molecule has 20 heavy (non-hydrogen) atoms. The Kier molecular flexibility index (Phi) is 6.83. The highest BCUT2D eigenvalue weighted by molar-refractivity contribution is 4.87. The van der Waals surface area contributed by atoms with E-state index in [-0.39, 0.29) is 0 Å². The molecule has 1 N–H and O–H groups in total. The molecular weight excluding hydrogens is 244 g/mol. The van der Waals surface area contributed by atoms with Crippen LogP contribution in [-0.2, 0) is 0 Å². The van der Waals surface area contributed by atoms with Crippen LogP contribution in [0.3, 0.4) is 0 Å². The Morgan fingerprint density at radius 1 is 0.950 bits per heavy atom. The molecule has 2 aliphatic rings. The first kappa shape index (κ1) is 16.3. The van der Waals surface area contributed by atoms with Crippen molar-refractivity contribution in [2.45, 2.75) is 71.8 Å². The summed E-state index contributed by atoms with van der Waals surface area (Å²) in [6.07, 6.45) is 9.92. The average molecular weight is 280 g/mol. The van der Waals surface area contributed by atoms with Gasteiger partial charge in [-0.15, -0.1) is 0 Å². The van der Waals surface area contributed by atoms with Crippen molar-refractivity contribution < 1.29 is 0 Å². The minimum atomic E-state index is 0.783. The molecule has 118 valence electrons.